The first-order chi connectivity index (χ1) is 11.2. The van der Waals surface area contributed by atoms with Gasteiger partial charge >= 0.3 is 0 Å². The van der Waals surface area contributed by atoms with Crippen LogP contribution in [0.3, 0.4) is 0 Å². The van der Waals surface area contributed by atoms with E-state index in [1.165, 1.54) is 17.7 Å². The lowest BCUT2D eigenvalue weighted by Gasteiger charge is -2.09. The van der Waals surface area contributed by atoms with Gasteiger partial charge in [0.1, 0.15) is 11.6 Å². The molecule has 23 heavy (non-hydrogen) atoms. The number of fused-ring (bicyclic) bond motifs is 2. The summed E-state index contributed by atoms with van der Waals surface area (Å²) in [5, 5.41) is 3.08. The van der Waals surface area contributed by atoms with Gasteiger partial charge < -0.3 is 0 Å². The van der Waals surface area contributed by atoms with E-state index in [-0.39, 0.29) is 11.6 Å². The van der Waals surface area contributed by atoms with Crippen LogP contribution in [0.5, 0.6) is 0 Å². The van der Waals surface area contributed by atoms with Gasteiger partial charge in [-0.05, 0) is 75.9 Å². The van der Waals surface area contributed by atoms with E-state index in [0.717, 1.165) is 56.8 Å². The molecule has 1 fully saturated rings. The summed E-state index contributed by atoms with van der Waals surface area (Å²) in [5.41, 5.74) is 4.17. The fourth-order valence-corrected chi connectivity index (χ4v) is 3.59. The SMILES string of the molecule is Fc1ccc2c(c1)=c1cc(F)c(=C3CC3)c(C3=CC=CC3)c1[C]=2. The first-order valence-corrected chi connectivity index (χ1v) is 7.87. The highest BCUT2D eigenvalue weighted by Gasteiger charge is 2.23. The molecule has 3 aliphatic rings. The van der Waals surface area contributed by atoms with Crippen molar-refractivity contribution in [2.45, 2.75) is 19.3 Å². The average Bonchev–Trinajstić information content (AvgIpc) is 3.10. The third-order valence-electron chi connectivity index (χ3n) is 4.76. The van der Waals surface area contributed by atoms with Crippen LogP contribution in [0.4, 0.5) is 8.78 Å². The lowest BCUT2D eigenvalue weighted by molar-refractivity contribution is 0.616. The van der Waals surface area contributed by atoms with Crippen LogP contribution in [0.2, 0.25) is 0 Å². The van der Waals surface area contributed by atoms with E-state index in [9.17, 15) is 8.78 Å². The van der Waals surface area contributed by atoms with Crippen LogP contribution < -0.4 is 10.4 Å². The molecule has 1 saturated carbocycles. The third-order valence-corrected chi connectivity index (χ3v) is 4.76. The van der Waals surface area contributed by atoms with Gasteiger partial charge in [0.25, 0.3) is 0 Å². The molecule has 2 aromatic rings. The summed E-state index contributed by atoms with van der Waals surface area (Å²) in [7, 11) is 0. The zero-order chi connectivity index (χ0) is 15.6. The topological polar surface area (TPSA) is 0 Å². The second-order valence-electron chi connectivity index (χ2n) is 6.27. The molecule has 0 amide bonds. The molecule has 0 bridgehead atoms. The molecule has 5 rings (SSSR count). The summed E-state index contributed by atoms with van der Waals surface area (Å²) in [6.07, 6.45) is 12.3. The van der Waals surface area contributed by atoms with Gasteiger partial charge in [-0.1, -0.05) is 29.9 Å². The standard InChI is InChI=1S/C21H13F2/c22-15-8-7-14-9-18-17(16(14)10-15)11-19(23)21(13-5-6-13)20(18)12-3-1-2-4-12/h1-3,7-8,10-11H,4-6H2. The number of allylic oxidation sites excluding steroid dienone is 4. The van der Waals surface area contributed by atoms with Gasteiger partial charge in [-0.15, -0.1) is 0 Å². The lowest BCUT2D eigenvalue weighted by Crippen LogP contribution is -2.16. The number of halogens is 2. The second kappa shape index (κ2) is 4.51. The molecule has 2 heteroatoms. The number of rotatable bonds is 1. The van der Waals surface area contributed by atoms with Crippen molar-refractivity contribution in [3.05, 3.63) is 86.1 Å². The molecule has 111 valence electrons. The summed E-state index contributed by atoms with van der Waals surface area (Å²) in [5.74, 6) is -0.499. The number of hydrogen-bond donors (Lipinski definition) is 0. The molecule has 0 nitrogen and oxygen atoms in total. The lowest BCUT2D eigenvalue weighted by atomic mass is 9.94. The minimum absolute atomic E-state index is 0.196. The Morgan fingerprint density at radius 1 is 1.00 bits per heavy atom. The predicted octanol–water partition coefficient (Wildman–Crippen LogP) is 3.56. The van der Waals surface area contributed by atoms with Crippen LogP contribution in [0, 0.1) is 22.1 Å². The quantitative estimate of drug-likeness (QED) is 0.645. The first-order valence-electron chi connectivity index (χ1n) is 7.87. The molecule has 0 N–H and O–H groups in total. The maximum Gasteiger partial charge on any atom is 0.131 e. The molecule has 0 unspecified atom stereocenters. The summed E-state index contributed by atoms with van der Waals surface area (Å²) in [6.45, 7) is 0. The summed E-state index contributed by atoms with van der Waals surface area (Å²) < 4.78 is 28.5. The van der Waals surface area contributed by atoms with Gasteiger partial charge in [-0.3, -0.25) is 0 Å². The fraction of sp³-hybridized carbons (Fsp3) is 0.143. The average molecular weight is 303 g/mol. The van der Waals surface area contributed by atoms with Crippen molar-refractivity contribution < 1.29 is 8.78 Å². The van der Waals surface area contributed by atoms with E-state index < -0.39 is 0 Å². The molecule has 0 heterocycles. The van der Waals surface area contributed by atoms with Gasteiger partial charge in [0.2, 0.25) is 0 Å². The zero-order valence-corrected chi connectivity index (χ0v) is 12.4. The number of hydrogen-bond acceptors (Lipinski definition) is 0. The van der Waals surface area contributed by atoms with Crippen molar-refractivity contribution in [3.63, 3.8) is 0 Å². The van der Waals surface area contributed by atoms with Crippen LogP contribution in [0.25, 0.3) is 17.2 Å². The van der Waals surface area contributed by atoms with E-state index in [2.05, 4.69) is 12.2 Å². The molecule has 0 atom stereocenters. The van der Waals surface area contributed by atoms with Crippen LogP contribution in [-0.2, 0) is 0 Å². The Kier molecular flexibility index (Phi) is 2.55. The minimum atomic E-state index is -0.303. The first kappa shape index (κ1) is 13.0. The Morgan fingerprint density at radius 3 is 2.61 bits per heavy atom. The van der Waals surface area contributed by atoms with Crippen molar-refractivity contribution in [1.29, 1.82) is 0 Å². The summed E-state index contributed by atoms with van der Waals surface area (Å²) in [4.78, 5) is 0. The monoisotopic (exact) mass is 303 g/mol. The van der Waals surface area contributed by atoms with E-state index in [4.69, 9.17) is 0 Å². The Hall–Kier alpha value is -2.48. The van der Waals surface area contributed by atoms with Crippen molar-refractivity contribution in [2.24, 2.45) is 0 Å². The Bertz CT molecular complexity index is 1140. The molecule has 3 aliphatic carbocycles. The van der Waals surface area contributed by atoms with Crippen LogP contribution in [0.15, 0.2) is 42.5 Å². The van der Waals surface area contributed by atoms with E-state index in [0.29, 0.717) is 0 Å². The summed E-state index contributed by atoms with van der Waals surface area (Å²) >= 11 is 0. The zero-order valence-electron chi connectivity index (χ0n) is 12.4. The maximum absolute atomic E-state index is 14.9. The predicted molar refractivity (Wildman–Crippen MR) is 86.6 cm³/mol. The van der Waals surface area contributed by atoms with Crippen molar-refractivity contribution in [3.8, 4) is 0 Å². The molecular weight excluding hydrogens is 290 g/mol. The van der Waals surface area contributed by atoms with E-state index in [1.807, 2.05) is 12.2 Å². The van der Waals surface area contributed by atoms with Crippen LogP contribution in [0.1, 0.15) is 30.4 Å². The molecule has 0 aliphatic heterocycles. The highest BCUT2D eigenvalue weighted by Crippen LogP contribution is 2.33. The molecular formula is C21H13F2. The van der Waals surface area contributed by atoms with Crippen molar-refractivity contribution >= 4 is 17.2 Å². The molecule has 2 aromatic carbocycles. The normalized spacial score (nSPS) is 17.0. The largest absolute Gasteiger partial charge is 0.207 e. The molecule has 0 spiro atoms. The van der Waals surface area contributed by atoms with Crippen molar-refractivity contribution in [1.82, 2.24) is 0 Å². The van der Waals surface area contributed by atoms with Crippen molar-refractivity contribution in [2.75, 3.05) is 0 Å². The third kappa shape index (κ3) is 1.88. The van der Waals surface area contributed by atoms with Crippen LogP contribution >= 0.6 is 0 Å². The van der Waals surface area contributed by atoms with Gasteiger partial charge in [0, 0.05) is 5.22 Å². The van der Waals surface area contributed by atoms with Gasteiger partial charge in [-0.2, -0.15) is 0 Å². The molecule has 0 saturated heterocycles. The molecule has 0 aromatic heterocycles. The van der Waals surface area contributed by atoms with Gasteiger partial charge in [0.05, 0.1) is 0 Å². The Balaban J connectivity index is 2.01. The smallest absolute Gasteiger partial charge is 0.131 e. The maximum atomic E-state index is 14.9. The Morgan fingerprint density at radius 2 is 1.87 bits per heavy atom. The second-order valence-corrected chi connectivity index (χ2v) is 6.27. The van der Waals surface area contributed by atoms with E-state index in [1.54, 1.807) is 12.1 Å². The van der Waals surface area contributed by atoms with E-state index >= 15 is 0 Å². The Labute approximate surface area is 132 Å². The number of benzene rings is 2. The van der Waals surface area contributed by atoms with Gasteiger partial charge in [-0.25, -0.2) is 8.78 Å². The van der Waals surface area contributed by atoms with Gasteiger partial charge in [0.15, 0.2) is 0 Å². The summed E-state index contributed by atoms with van der Waals surface area (Å²) in [6, 6.07) is 6.18. The highest BCUT2D eigenvalue weighted by atomic mass is 19.1. The highest BCUT2D eigenvalue weighted by molar-refractivity contribution is 5.81. The minimum Gasteiger partial charge on any atom is -0.207 e. The molecule has 1 radical (unpaired) electrons. The fourth-order valence-electron chi connectivity index (χ4n) is 3.59. The van der Waals surface area contributed by atoms with Crippen LogP contribution in [-0.4, -0.2) is 0 Å².